The molecule has 34 heteroatoms. The second-order valence-electron chi connectivity index (χ2n) is 31.5. The summed E-state index contributed by atoms with van der Waals surface area (Å²) in [6.45, 7) is 8.27. The summed E-state index contributed by atoms with van der Waals surface area (Å²) in [5.41, 5.74) is 0.0188. The second kappa shape index (κ2) is 55.0. The van der Waals surface area contributed by atoms with Crippen LogP contribution in [0.3, 0.4) is 0 Å². The van der Waals surface area contributed by atoms with Crippen molar-refractivity contribution in [1.82, 2.24) is 10.6 Å². The zero-order valence-electron chi connectivity index (χ0n) is 74.8. The van der Waals surface area contributed by atoms with Gasteiger partial charge in [-0.15, -0.1) is 0 Å². The first-order valence-corrected chi connectivity index (χ1v) is 43.8. The monoisotopic (exact) mass is 1790 g/mol. The summed E-state index contributed by atoms with van der Waals surface area (Å²) in [7, 11) is 0.833. The fourth-order valence-electron chi connectivity index (χ4n) is 15.1. The van der Waals surface area contributed by atoms with E-state index in [1.165, 1.54) is 92.8 Å². The Bertz CT molecular complexity index is 4230. The summed E-state index contributed by atoms with van der Waals surface area (Å²) >= 11 is 0. The molecule has 0 saturated carbocycles. The smallest absolute Gasteiger partial charge is 0.366 e. The Balaban J connectivity index is 1.45. The van der Waals surface area contributed by atoms with Crippen molar-refractivity contribution in [3.05, 3.63) is 156 Å². The number of amides is 2. The number of ether oxygens (including phenoxy) is 18. The molecule has 3 aliphatic rings. The average molecular weight is 1790 g/mol. The third kappa shape index (κ3) is 34.5. The predicted molar refractivity (Wildman–Crippen MR) is 454 cm³/mol. The van der Waals surface area contributed by atoms with Gasteiger partial charge in [-0.05, 0) is 73.9 Å². The third-order valence-electron chi connectivity index (χ3n) is 21.0. The Morgan fingerprint density at radius 1 is 0.445 bits per heavy atom. The molecule has 2 amide bonds. The van der Waals surface area contributed by atoms with Crippen LogP contribution in [0, 0.1) is 0 Å². The number of rotatable bonds is 52. The topological polar surface area (TPSA) is 429 Å². The van der Waals surface area contributed by atoms with Gasteiger partial charge in [-0.2, -0.15) is 0 Å². The summed E-state index contributed by atoms with van der Waals surface area (Å²) in [5, 5.41) is 5.61. The van der Waals surface area contributed by atoms with E-state index in [2.05, 4.69) is 24.5 Å². The van der Waals surface area contributed by atoms with E-state index in [0.717, 1.165) is 133 Å². The first kappa shape index (κ1) is 104. The molecule has 702 valence electrons. The van der Waals surface area contributed by atoms with Gasteiger partial charge in [0.05, 0.1) is 54.5 Å². The van der Waals surface area contributed by atoms with E-state index >= 15 is 9.59 Å². The van der Waals surface area contributed by atoms with Crippen molar-refractivity contribution in [2.75, 3.05) is 33.5 Å². The van der Waals surface area contributed by atoms with Crippen LogP contribution in [0.15, 0.2) is 133 Å². The summed E-state index contributed by atoms with van der Waals surface area (Å²) < 4.78 is 113. The summed E-state index contributed by atoms with van der Waals surface area (Å²) in [6, 6.07) is 27.4. The molecule has 0 radical (unpaired) electrons. The molecule has 0 aliphatic carbocycles. The number of hydrogen-bond acceptors (Lipinski definition) is 32. The third-order valence-corrected chi connectivity index (χ3v) is 21.0. The number of benzene rings is 4. The van der Waals surface area contributed by atoms with E-state index in [0.29, 0.717) is 19.3 Å². The lowest BCUT2D eigenvalue weighted by Crippen LogP contribution is -2.72. The second-order valence-corrected chi connectivity index (χ2v) is 31.5. The molecule has 3 heterocycles. The fourth-order valence-corrected chi connectivity index (χ4v) is 15.1. The molecular weight excluding hydrogens is 1670 g/mol. The zero-order valence-corrected chi connectivity index (χ0v) is 74.8. The zero-order chi connectivity index (χ0) is 93.1. The Morgan fingerprint density at radius 2 is 0.898 bits per heavy atom. The molecule has 34 nitrogen and oxygen atoms in total. The first-order chi connectivity index (χ1) is 61.4. The molecule has 128 heavy (non-hydrogen) atoms. The van der Waals surface area contributed by atoms with Crippen LogP contribution in [0.5, 0.6) is 0 Å². The Hall–Kier alpha value is -11.0. The van der Waals surface area contributed by atoms with Crippen molar-refractivity contribution < 1.29 is 152 Å². The van der Waals surface area contributed by atoms with Gasteiger partial charge in [0.2, 0.25) is 11.8 Å². The highest BCUT2D eigenvalue weighted by Crippen LogP contribution is 2.43. The highest BCUT2D eigenvalue weighted by molar-refractivity contribution is 5.91. The van der Waals surface area contributed by atoms with E-state index in [1.54, 1.807) is 66.7 Å². The van der Waals surface area contributed by atoms with Crippen LogP contribution < -0.4 is 10.6 Å². The summed E-state index contributed by atoms with van der Waals surface area (Å²) in [4.78, 5) is 197. The largest absolute Gasteiger partial charge is 0.465 e. The number of esters is 12. The normalized spacial score (nSPS) is 22.8. The predicted octanol–water partition coefficient (Wildman–Crippen LogP) is 11.6. The van der Waals surface area contributed by atoms with Gasteiger partial charge in [0.25, 0.3) is 5.79 Å². The summed E-state index contributed by atoms with van der Waals surface area (Å²) in [6.07, 6.45) is -10.3. The lowest BCUT2D eigenvalue weighted by atomic mass is 9.87. The maximum atomic E-state index is 15.5. The van der Waals surface area contributed by atoms with Crippen LogP contribution in [0.4, 0.5) is 0 Å². The molecule has 4 aromatic carbocycles. The van der Waals surface area contributed by atoms with E-state index in [-0.39, 0.29) is 28.7 Å². The minimum absolute atomic E-state index is 0.00561. The quantitative estimate of drug-likeness (QED) is 0.0179. The molecule has 4 aromatic rings. The van der Waals surface area contributed by atoms with Crippen molar-refractivity contribution in [2.24, 2.45) is 0 Å². The van der Waals surface area contributed by atoms with Gasteiger partial charge < -0.3 is 95.9 Å². The van der Waals surface area contributed by atoms with Crippen molar-refractivity contribution in [1.29, 1.82) is 0 Å². The number of unbranched alkanes of at least 4 members (excludes halogenated alkanes) is 17. The number of allylic oxidation sites excluding steroid dienone is 1. The van der Waals surface area contributed by atoms with Crippen molar-refractivity contribution >= 4 is 83.4 Å². The number of methoxy groups -OCH3 is 1. The maximum Gasteiger partial charge on any atom is 0.366 e. The molecule has 0 aromatic heterocycles. The molecule has 3 aliphatic heterocycles. The van der Waals surface area contributed by atoms with Gasteiger partial charge >= 0.3 is 71.6 Å². The Labute approximate surface area is 746 Å². The van der Waals surface area contributed by atoms with Crippen LogP contribution in [-0.2, 0) is 133 Å². The first-order valence-electron chi connectivity index (χ1n) is 43.8. The van der Waals surface area contributed by atoms with Crippen LogP contribution in [-0.4, -0.2) is 227 Å². The molecule has 3 saturated heterocycles. The number of nitrogens with one attached hydrogen (secondary N) is 2. The molecule has 18 atom stereocenters. The lowest BCUT2D eigenvalue weighted by Gasteiger charge is -2.52. The molecule has 0 bridgehead atoms. The summed E-state index contributed by atoms with van der Waals surface area (Å²) in [5.74, 6) is -18.0. The van der Waals surface area contributed by atoms with E-state index < -0.39 is 226 Å². The number of hydrogen-bond donors (Lipinski definition) is 2. The molecule has 2 N–H and O–H groups in total. The fraction of sp³-hybridized carbons (Fsp3) is 0.574. The number of carbonyl (C=O) groups excluding carboxylic acids is 14. The van der Waals surface area contributed by atoms with E-state index in [9.17, 15) is 57.5 Å². The Morgan fingerprint density at radius 3 is 1.38 bits per heavy atom. The van der Waals surface area contributed by atoms with Crippen LogP contribution in [0.1, 0.15) is 246 Å². The molecule has 0 unspecified atom stereocenters. The Kier molecular flexibility index (Phi) is 44.7. The molecule has 0 spiro atoms. The van der Waals surface area contributed by atoms with E-state index in [1.807, 2.05) is 6.08 Å². The van der Waals surface area contributed by atoms with Gasteiger partial charge in [-0.1, -0.05) is 195 Å². The lowest BCUT2D eigenvalue weighted by molar-refractivity contribution is -0.386. The van der Waals surface area contributed by atoms with Gasteiger partial charge in [0.1, 0.15) is 62.5 Å². The van der Waals surface area contributed by atoms with Gasteiger partial charge in [-0.25, -0.2) is 24.0 Å². The van der Waals surface area contributed by atoms with Crippen molar-refractivity contribution in [3.63, 3.8) is 0 Å². The SMILES string of the molecule is CCCCCCCCCCCCC/C=C/[C@@H](OC(=O)c1ccccc1)[C@H](CO[C@@H]1O[C@H](COC(=O)c2ccccc2)[C@@H](O[C@H]2O[C@H](COC(=O)c3ccccc3)[C@H](OC(C)=O)[C@H](O[C@]3(C(=O)OC)C[C@H](OC(C)=O)[C@@H](NC(C)=O)[C@@H]([C@H](OC(C)=O)[C@@H](COC(C)=O)OC(C)=O)O3)[C@H]2OC(C)=O)[C@H](OC(C)=O)[C@H]1OC(=O)c1ccccc1)NC(=O)CCCCCCCCC. The minimum atomic E-state index is -3.29. The maximum absolute atomic E-state index is 15.5. The van der Waals surface area contributed by atoms with Gasteiger partial charge in [-0.3, -0.25) is 43.2 Å². The highest BCUT2D eigenvalue weighted by atomic mass is 16.8. The molecule has 3 fully saturated rings. The van der Waals surface area contributed by atoms with Crippen LogP contribution in [0.2, 0.25) is 0 Å². The van der Waals surface area contributed by atoms with Gasteiger partial charge in [0, 0.05) is 61.8 Å². The standard InChI is InChI=1S/C94H124N2O32/c1-12-14-16-18-20-21-22-23-24-25-27-28-42-52-72(122-89(108)69-48-38-32-39-49-69)71(96-77(105)53-43-29-26-19-17-15-13-2)55-115-91-85(125-90(109)70-50-40-33-41-51-70)83(120-65(9)103)80(75(123-91)57-113-87(106)67-44-34-30-35-45-67)126-92-86(121-66(10)104)84(81(119-64(8)102)76(124-92)58-114-88(107)68-46-36-31-37-47-68)128-94(93(110)111-11)54-73(116-61(5)99)78(95-59(3)97)82(127-94)79(118-63(7)101)74(117-62(6)100)56-112-60(4)98/h30-42,44-52,71-76,78-86,91-92H,12-29,43,53-58H2,1-11H3,(H,95,97)(H,96,105)/b52-42+/t71-,72+,73-,74+,75+,76+,78+,79+,80+,81-,82-,83-,84-,85+,86+,91+,92+,94-/m0/s1. The average Bonchev–Trinajstić information content (AvgIpc) is 0.738. The highest BCUT2D eigenvalue weighted by Gasteiger charge is 2.65. The van der Waals surface area contributed by atoms with Crippen LogP contribution >= 0.6 is 0 Å². The van der Waals surface area contributed by atoms with Crippen molar-refractivity contribution in [3.8, 4) is 0 Å². The minimum Gasteiger partial charge on any atom is -0.465 e. The van der Waals surface area contributed by atoms with Crippen molar-refractivity contribution in [2.45, 2.75) is 314 Å². The molecule has 7 rings (SSSR count). The number of carbonyl (C=O) groups is 14. The molecular formula is C94H124N2O32. The van der Waals surface area contributed by atoms with E-state index in [4.69, 9.17) is 85.3 Å². The van der Waals surface area contributed by atoms with Gasteiger partial charge in [0.15, 0.2) is 49.2 Å². The van der Waals surface area contributed by atoms with Crippen LogP contribution in [0.25, 0.3) is 0 Å².